The minimum atomic E-state index is 0.123. The van der Waals surface area contributed by atoms with E-state index in [0.29, 0.717) is 11.7 Å². The smallest absolute Gasteiger partial charge is 0.115 e. The Kier molecular flexibility index (Phi) is 3.61. The molecule has 3 heteroatoms. The molecule has 2 aromatic carbocycles. The second kappa shape index (κ2) is 5.88. The van der Waals surface area contributed by atoms with E-state index in [1.807, 2.05) is 12.1 Å². The molecule has 0 amide bonds. The second-order valence-electron chi connectivity index (χ2n) is 8.06. The van der Waals surface area contributed by atoms with Crippen LogP contribution in [0.4, 0.5) is 0 Å². The van der Waals surface area contributed by atoms with Gasteiger partial charge in [-0.3, -0.25) is 0 Å². The Balaban J connectivity index is 1.66. The molecular formula is C23H26N2O. The van der Waals surface area contributed by atoms with E-state index < -0.39 is 0 Å². The van der Waals surface area contributed by atoms with E-state index in [-0.39, 0.29) is 5.41 Å². The lowest BCUT2D eigenvalue weighted by Gasteiger charge is -2.51. The molecule has 2 aliphatic rings. The van der Waals surface area contributed by atoms with Crippen LogP contribution >= 0.6 is 0 Å². The van der Waals surface area contributed by atoms with E-state index in [9.17, 15) is 5.11 Å². The molecule has 2 heterocycles. The van der Waals surface area contributed by atoms with Gasteiger partial charge < -0.3 is 15.0 Å². The number of piperidine rings is 1. The van der Waals surface area contributed by atoms with Crippen molar-refractivity contribution in [3.8, 4) is 5.75 Å². The lowest BCUT2D eigenvalue weighted by atomic mass is 9.59. The number of aromatic nitrogens is 1. The molecule has 0 spiro atoms. The van der Waals surface area contributed by atoms with Gasteiger partial charge >= 0.3 is 0 Å². The fourth-order valence-corrected chi connectivity index (χ4v) is 5.42. The molecule has 0 bridgehead atoms. The molecule has 1 aromatic heterocycles. The summed E-state index contributed by atoms with van der Waals surface area (Å²) in [4.78, 5) is 6.30. The molecule has 0 saturated carbocycles. The van der Waals surface area contributed by atoms with E-state index in [1.165, 1.54) is 27.7 Å². The summed E-state index contributed by atoms with van der Waals surface area (Å²) in [7, 11) is 0. The molecule has 2 atom stereocenters. The van der Waals surface area contributed by atoms with Crippen molar-refractivity contribution >= 4 is 10.9 Å². The SMILES string of the molecule is CCN1CC[C@]2(c3cccc(O)c3)Cc3[nH]c4ccccc4c3C[C@H]2C1. The van der Waals surface area contributed by atoms with Gasteiger partial charge in [-0.25, -0.2) is 0 Å². The summed E-state index contributed by atoms with van der Waals surface area (Å²) >= 11 is 0. The first kappa shape index (κ1) is 16.0. The van der Waals surface area contributed by atoms with Crippen molar-refractivity contribution in [2.75, 3.05) is 19.6 Å². The summed E-state index contributed by atoms with van der Waals surface area (Å²) < 4.78 is 0. The zero-order valence-electron chi connectivity index (χ0n) is 15.3. The second-order valence-corrected chi connectivity index (χ2v) is 8.06. The van der Waals surface area contributed by atoms with E-state index in [4.69, 9.17) is 0 Å². The van der Waals surface area contributed by atoms with Crippen LogP contribution < -0.4 is 0 Å². The Morgan fingerprint density at radius 3 is 2.92 bits per heavy atom. The number of fused-ring (bicyclic) bond motifs is 4. The van der Waals surface area contributed by atoms with Crippen LogP contribution in [0.1, 0.15) is 30.2 Å². The Labute approximate surface area is 154 Å². The van der Waals surface area contributed by atoms with Gasteiger partial charge in [0.25, 0.3) is 0 Å². The summed E-state index contributed by atoms with van der Waals surface area (Å²) in [5.74, 6) is 0.973. The number of hydrogen-bond acceptors (Lipinski definition) is 2. The first-order valence-electron chi connectivity index (χ1n) is 9.80. The van der Waals surface area contributed by atoms with Crippen LogP contribution in [0.25, 0.3) is 10.9 Å². The minimum Gasteiger partial charge on any atom is -0.508 e. The van der Waals surface area contributed by atoms with Crippen LogP contribution in [-0.4, -0.2) is 34.6 Å². The fraction of sp³-hybridized carbons (Fsp3) is 0.391. The number of nitrogens with zero attached hydrogens (tertiary/aromatic N) is 1. The number of nitrogens with one attached hydrogen (secondary N) is 1. The number of hydrogen-bond donors (Lipinski definition) is 2. The van der Waals surface area contributed by atoms with Gasteiger partial charge in [0.2, 0.25) is 0 Å². The van der Waals surface area contributed by atoms with Gasteiger partial charge in [-0.2, -0.15) is 0 Å². The molecular weight excluding hydrogens is 320 g/mol. The van der Waals surface area contributed by atoms with Gasteiger partial charge in [0.15, 0.2) is 0 Å². The highest BCUT2D eigenvalue weighted by molar-refractivity contribution is 5.85. The van der Waals surface area contributed by atoms with Crippen molar-refractivity contribution in [2.45, 2.75) is 31.6 Å². The highest BCUT2D eigenvalue weighted by Gasteiger charge is 2.47. The molecule has 0 radical (unpaired) electrons. The van der Waals surface area contributed by atoms with Crippen LogP contribution in [0.2, 0.25) is 0 Å². The molecule has 1 aliphatic carbocycles. The Hall–Kier alpha value is -2.26. The lowest BCUT2D eigenvalue weighted by Crippen LogP contribution is -2.53. The van der Waals surface area contributed by atoms with E-state index in [2.05, 4.69) is 47.1 Å². The molecule has 0 unspecified atom stereocenters. The van der Waals surface area contributed by atoms with Crippen LogP contribution in [0.5, 0.6) is 5.75 Å². The first-order chi connectivity index (χ1) is 12.7. The van der Waals surface area contributed by atoms with Crippen molar-refractivity contribution in [2.24, 2.45) is 5.92 Å². The quantitative estimate of drug-likeness (QED) is 0.728. The molecule has 5 rings (SSSR count). The van der Waals surface area contributed by atoms with Crippen LogP contribution in [0.15, 0.2) is 48.5 Å². The predicted molar refractivity (Wildman–Crippen MR) is 106 cm³/mol. The summed E-state index contributed by atoms with van der Waals surface area (Å²) in [6.07, 6.45) is 3.32. The van der Waals surface area contributed by atoms with Gasteiger partial charge in [0.1, 0.15) is 5.75 Å². The van der Waals surface area contributed by atoms with E-state index in [0.717, 1.165) is 38.9 Å². The van der Waals surface area contributed by atoms with Gasteiger partial charge in [-0.15, -0.1) is 0 Å². The van der Waals surface area contributed by atoms with Gasteiger partial charge in [0.05, 0.1) is 0 Å². The number of phenols is 1. The number of para-hydroxylation sites is 1. The van der Waals surface area contributed by atoms with E-state index in [1.54, 1.807) is 6.07 Å². The third-order valence-electron chi connectivity index (χ3n) is 6.85. The van der Waals surface area contributed by atoms with Crippen LogP contribution in [-0.2, 0) is 18.3 Å². The van der Waals surface area contributed by atoms with Crippen LogP contribution in [0, 0.1) is 5.92 Å². The molecule has 3 nitrogen and oxygen atoms in total. The summed E-state index contributed by atoms with van der Waals surface area (Å²) in [5, 5.41) is 11.5. The maximum absolute atomic E-state index is 10.1. The van der Waals surface area contributed by atoms with Gasteiger partial charge in [0, 0.05) is 28.6 Å². The summed E-state index contributed by atoms with van der Waals surface area (Å²) in [5.41, 5.74) is 5.60. The minimum absolute atomic E-state index is 0.123. The molecule has 1 fully saturated rings. The normalized spacial score (nSPS) is 25.8. The molecule has 26 heavy (non-hydrogen) atoms. The molecule has 134 valence electrons. The number of aromatic amines is 1. The third-order valence-corrected chi connectivity index (χ3v) is 6.85. The zero-order valence-corrected chi connectivity index (χ0v) is 15.3. The van der Waals surface area contributed by atoms with Crippen molar-refractivity contribution < 1.29 is 5.11 Å². The van der Waals surface area contributed by atoms with Crippen molar-refractivity contribution in [1.82, 2.24) is 9.88 Å². The van der Waals surface area contributed by atoms with Gasteiger partial charge in [-0.1, -0.05) is 37.3 Å². The Morgan fingerprint density at radius 2 is 2.08 bits per heavy atom. The topological polar surface area (TPSA) is 39.3 Å². The summed E-state index contributed by atoms with van der Waals surface area (Å²) in [6, 6.07) is 16.7. The highest BCUT2D eigenvalue weighted by atomic mass is 16.3. The Bertz CT molecular complexity index is 960. The molecule has 1 aliphatic heterocycles. The maximum atomic E-state index is 10.1. The van der Waals surface area contributed by atoms with Gasteiger partial charge in [-0.05, 0) is 67.6 Å². The number of aromatic hydroxyl groups is 1. The zero-order chi connectivity index (χ0) is 17.7. The fourth-order valence-electron chi connectivity index (χ4n) is 5.42. The van der Waals surface area contributed by atoms with Crippen LogP contribution in [0.3, 0.4) is 0 Å². The lowest BCUT2D eigenvalue weighted by molar-refractivity contribution is 0.0853. The van der Waals surface area contributed by atoms with Crippen molar-refractivity contribution in [3.05, 3.63) is 65.4 Å². The standard InChI is InChI=1S/C23H26N2O/c1-2-25-11-10-23(16-6-5-7-18(26)12-16)14-22-20(13-17(23)15-25)19-8-3-4-9-21(19)24-22/h3-9,12,17,24,26H,2,10-11,13-15H2,1H3/t17-,23+/m0/s1. The average molecular weight is 346 g/mol. The van der Waals surface area contributed by atoms with E-state index >= 15 is 0 Å². The third kappa shape index (κ3) is 2.30. The monoisotopic (exact) mass is 346 g/mol. The Morgan fingerprint density at radius 1 is 1.19 bits per heavy atom. The number of rotatable bonds is 2. The number of H-pyrrole nitrogens is 1. The van der Waals surface area contributed by atoms with Crippen molar-refractivity contribution in [1.29, 1.82) is 0 Å². The first-order valence-corrected chi connectivity index (χ1v) is 9.80. The number of likely N-dealkylation sites (tertiary alicyclic amines) is 1. The largest absolute Gasteiger partial charge is 0.508 e. The average Bonchev–Trinajstić information content (AvgIpc) is 3.02. The van der Waals surface area contributed by atoms with Crippen molar-refractivity contribution in [3.63, 3.8) is 0 Å². The molecule has 3 aromatic rings. The summed E-state index contributed by atoms with van der Waals surface area (Å²) in [6.45, 7) is 5.66. The maximum Gasteiger partial charge on any atom is 0.115 e. The highest BCUT2D eigenvalue weighted by Crippen LogP contribution is 2.49. The number of benzene rings is 2. The predicted octanol–water partition coefficient (Wildman–Crippen LogP) is 4.25. The molecule has 1 saturated heterocycles. The number of phenolic OH excluding ortho intramolecular Hbond substituents is 1. The molecule has 2 N–H and O–H groups in total.